The van der Waals surface area contributed by atoms with Crippen molar-refractivity contribution in [1.29, 1.82) is 5.26 Å². The Balaban J connectivity index is 1.80. The summed E-state index contributed by atoms with van der Waals surface area (Å²) >= 11 is 0. The Morgan fingerprint density at radius 1 is 0.950 bits per heavy atom. The summed E-state index contributed by atoms with van der Waals surface area (Å²) in [4.78, 5) is 4.11. The molecule has 0 bridgehead atoms. The Labute approximate surface area is 116 Å². The van der Waals surface area contributed by atoms with Crippen LogP contribution < -0.4 is 0 Å². The summed E-state index contributed by atoms with van der Waals surface area (Å²) in [6.45, 7) is 0. The minimum absolute atomic E-state index is 0.677. The topological polar surface area (TPSA) is 65.4 Å². The van der Waals surface area contributed by atoms with E-state index in [1.54, 1.807) is 0 Å². The predicted molar refractivity (Wildman–Crippen MR) is 75.8 cm³/mol. The maximum Gasteiger partial charge on any atom is 0.137 e. The van der Waals surface area contributed by atoms with Gasteiger partial charge in [0.15, 0.2) is 0 Å². The second kappa shape index (κ2) is 5.37. The number of nitriles is 1. The molecule has 3 rings (SSSR count). The largest absolute Gasteiger partial charge is 0.263 e. The molecule has 1 heterocycles. The van der Waals surface area contributed by atoms with E-state index in [0.29, 0.717) is 5.56 Å². The molecule has 0 spiro atoms. The van der Waals surface area contributed by atoms with Gasteiger partial charge < -0.3 is 0 Å². The minimum atomic E-state index is 0.677. The standard InChI is InChI=1S/C16H12N4/c17-10-13-3-7-15(8-4-13)14-5-1-12(2-6-14)9-16-18-11-19-20-16/h1-8,11H,9H2,(H,18,19,20). The van der Waals surface area contributed by atoms with E-state index in [-0.39, 0.29) is 0 Å². The monoisotopic (exact) mass is 260 g/mol. The zero-order valence-corrected chi connectivity index (χ0v) is 10.7. The molecule has 20 heavy (non-hydrogen) atoms. The lowest BCUT2D eigenvalue weighted by molar-refractivity contribution is 0.972. The van der Waals surface area contributed by atoms with Crippen LogP contribution in [-0.2, 0) is 6.42 Å². The molecule has 0 fully saturated rings. The summed E-state index contributed by atoms with van der Waals surface area (Å²) in [5.74, 6) is 0.858. The summed E-state index contributed by atoms with van der Waals surface area (Å²) in [6, 6.07) is 18.0. The van der Waals surface area contributed by atoms with Gasteiger partial charge in [-0.05, 0) is 28.8 Å². The molecule has 1 aromatic heterocycles. The Hall–Kier alpha value is -2.93. The molecular weight excluding hydrogens is 248 g/mol. The molecule has 0 saturated carbocycles. The first-order valence-corrected chi connectivity index (χ1v) is 6.29. The summed E-state index contributed by atoms with van der Waals surface area (Å²) in [7, 11) is 0. The molecule has 4 heteroatoms. The van der Waals surface area contributed by atoms with Crippen molar-refractivity contribution >= 4 is 0 Å². The highest BCUT2D eigenvalue weighted by molar-refractivity contribution is 5.64. The number of hydrogen-bond acceptors (Lipinski definition) is 3. The van der Waals surface area contributed by atoms with Gasteiger partial charge in [0.2, 0.25) is 0 Å². The third kappa shape index (κ3) is 2.57. The van der Waals surface area contributed by atoms with Gasteiger partial charge in [-0.1, -0.05) is 36.4 Å². The van der Waals surface area contributed by atoms with Crippen LogP contribution in [-0.4, -0.2) is 15.2 Å². The summed E-state index contributed by atoms with van der Waals surface area (Å²) in [6.07, 6.45) is 2.26. The molecule has 0 amide bonds. The lowest BCUT2D eigenvalue weighted by Crippen LogP contribution is -1.90. The van der Waals surface area contributed by atoms with Crippen molar-refractivity contribution in [3.8, 4) is 17.2 Å². The Morgan fingerprint density at radius 3 is 2.15 bits per heavy atom. The Kier molecular flexibility index (Phi) is 3.25. The number of rotatable bonds is 3. The molecule has 0 radical (unpaired) electrons. The Bertz CT molecular complexity index is 720. The third-order valence-electron chi connectivity index (χ3n) is 3.14. The zero-order valence-electron chi connectivity index (χ0n) is 10.7. The fourth-order valence-corrected chi connectivity index (χ4v) is 2.06. The van der Waals surface area contributed by atoms with Crippen molar-refractivity contribution in [3.63, 3.8) is 0 Å². The van der Waals surface area contributed by atoms with Gasteiger partial charge in [0.25, 0.3) is 0 Å². The summed E-state index contributed by atoms with van der Waals surface area (Å²) in [5, 5.41) is 15.5. The van der Waals surface area contributed by atoms with Crippen molar-refractivity contribution in [2.45, 2.75) is 6.42 Å². The number of H-pyrrole nitrogens is 1. The SMILES string of the molecule is N#Cc1ccc(-c2ccc(Cc3ncn[nH]3)cc2)cc1. The van der Waals surface area contributed by atoms with E-state index in [1.165, 1.54) is 11.9 Å². The van der Waals surface area contributed by atoms with Crippen molar-refractivity contribution in [3.05, 3.63) is 71.8 Å². The molecule has 3 aromatic rings. The lowest BCUT2D eigenvalue weighted by Gasteiger charge is -2.03. The molecule has 1 N–H and O–H groups in total. The number of aromatic nitrogens is 3. The number of aromatic amines is 1. The van der Waals surface area contributed by atoms with Crippen LogP contribution >= 0.6 is 0 Å². The highest BCUT2D eigenvalue weighted by Crippen LogP contribution is 2.20. The van der Waals surface area contributed by atoms with E-state index in [9.17, 15) is 0 Å². The van der Waals surface area contributed by atoms with Crippen molar-refractivity contribution in [1.82, 2.24) is 15.2 Å². The number of nitrogens with one attached hydrogen (secondary N) is 1. The van der Waals surface area contributed by atoms with Crippen molar-refractivity contribution in [2.75, 3.05) is 0 Å². The maximum atomic E-state index is 8.79. The van der Waals surface area contributed by atoms with E-state index in [0.717, 1.165) is 23.4 Å². The molecule has 96 valence electrons. The van der Waals surface area contributed by atoms with Gasteiger partial charge in [0.1, 0.15) is 12.2 Å². The van der Waals surface area contributed by atoms with Crippen LogP contribution in [0.3, 0.4) is 0 Å². The molecule has 0 aliphatic heterocycles. The van der Waals surface area contributed by atoms with E-state index in [1.807, 2.05) is 24.3 Å². The predicted octanol–water partition coefficient (Wildman–Crippen LogP) is 2.93. The number of benzene rings is 2. The molecule has 4 nitrogen and oxygen atoms in total. The fourth-order valence-electron chi connectivity index (χ4n) is 2.06. The van der Waals surface area contributed by atoms with Crippen LogP contribution in [0, 0.1) is 11.3 Å². The van der Waals surface area contributed by atoms with Crippen LogP contribution in [0.1, 0.15) is 17.0 Å². The first kappa shape index (κ1) is 12.1. The highest BCUT2D eigenvalue weighted by atomic mass is 15.2. The first-order valence-electron chi connectivity index (χ1n) is 6.29. The van der Waals surface area contributed by atoms with Crippen molar-refractivity contribution < 1.29 is 0 Å². The van der Waals surface area contributed by atoms with E-state index >= 15 is 0 Å². The third-order valence-corrected chi connectivity index (χ3v) is 3.14. The van der Waals surface area contributed by atoms with Crippen LogP contribution in [0.2, 0.25) is 0 Å². The van der Waals surface area contributed by atoms with Crippen LogP contribution in [0.15, 0.2) is 54.9 Å². The van der Waals surface area contributed by atoms with Crippen LogP contribution in [0.4, 0.5) is 0 Å². The number of nitrogens with zero attached hydrogens (tertiary/aromatic N) is 3. The molecule has 0 unspecified atom stereocenters. The molecular formula is C16H12N4. The molecule has 0 saturated heterocycles. The van der Waals surface area contributed by atoms with Crippen LogP contribution in [0.25, 0.3) is 11.1 Å². The summed E-state index contributed by atoms with van der Waals surface area (Å²) in [5.41, 5.74) is 4.10. The smallest absolute Gasteiger partial charge is 0.137 e. The van der Waals surface area contributed by atoms with Crippen molar-refractivity contribution in [2.24, 2.45) is 0 Å². The van der Waals surface area contributed by atoms with Crippen LogP contribution in [0.5, 0.6) is 0 Å². The highest BCUT2D eigenvalue weighted by Gasteiger charge is 2.01. The average molecular weight is 260 g/mol. The molecule has 0 aliphatic carbocycles. The van der Waals surface area contributed by atoms with E-state index in [4.69, 9.17) is 5.26 Å². The minimum Gasteiger partial charge on any atom is -0.263 e. The van der Waals surface area contributed by atoms with E-state index in [2.05, 4.69) is 45.5 Å². The van der Waals surface area contributed by atoms with Gasteiger partial charge in [0.05, 0.1) is 11.6 Å². The zero-order chi connectivity index (χ0) is 13.8. The van der Waals surface area contributed by atoms with Gasteiger partial charge in [-0.25, -0.2) is 4.98 Å². The molecule has 0 atom stereocenters. The number of hydrogen-bond donors (Lipinski definition) is 1. The van der Waals surface area contributed by atoms with Gasteiger partial charge in [-0.15, -0.1) is 0 Å². The van der Waals surface area contributed by atoms with Gasteiger partial charge >= 0.3 is 0 Å². The van der Waals surface area contributed by atoms with Gasteiger partial charge in [-0.2, -0.15) is 10.4 Å². The van der Waals surface area contributed by atoms with Gasteiger partial charge in [0, 0.05) is 6.42 Å². The second-order valence-corrected chi connectivity index (χ2v) is 4.50. The first-order chi connectivity index (χ1) is 9.85. The van der Waals surface area contributed by atoms with Gasteiger partial charge in [-0.3, -0.25) is 5.10 Å². The second-order valence-electron chi connectivity index (χ2n) is 4.50. The fraction of sp³-hybridized carbons (Fsp3) is 0.0625. The summed E-state index contributed by atoms with van der Waals surface area (Å²) < 4.78 is 0. The molecule has 2 aromatic carbocycles. The lowest BCUT2D eigenvalue weighted by atomic mass is 10.0. The Morgan fingerprint density at radius 2 is 1.60 bits per heavy atom. The molecule has 0 aliphatic rings. The maximum absolute atomic E-state index is 8.79. The average Bonchev–Trinajstić information content (AvgIpc) is 3.01. The normalized spacial score (nSPS) is 10.2. The quantitative estimate of drug-likeness (QED) is 0.787. The van der Waals surface area contributed by atoms with E-state index < -0.39 is 0 Å².